The number of ether oxygens (including phenoxy) is 1. The minimum absolute atomic E-state index is 0.0257. The highest BCUT2D eigenvalue weighted by Crippen LogP contribution is 2.20. The quantitative estimate of drug-likeness (QED) is 0.745. The molecule has 2 amide bonds. The molecule has 1 aromatic carbocycles. The molecule has 24 heavy (non-hydrogen) atoms. The molecule has 0 spiro atoms. The van der Waals surface area contributed by atoms with Gasteiger partial charge >= 0.3 is 0 Å². The van der Waals surface area contributed by atoms with Crippen LogP contribution < -0.4 is 5.32 Å². The summed E-state index contributed by atoms with van der Waals surface area (Å²) < 4.78 is 4.86. The second kappa shape index (κ2) is 8.44. The molecule has 1 heterocycles. The van der Waals surface area contributed by atoms with Crippen molar-refractivity contribution in [2.24, 2.45) is 5.16 Å². The van der Waals surface area contributed by atoms with Crippen molar-refractivity contribution in [2.45, 2.75) is 19.4 Å². The third kappa shape index (κ3) is 4.55. The number of carbonyl (C=O) groups is 2. The van der Waals surface area contributed by atoms with Gasteiger partial charge in [0.05, 0.1) is 18.9 Å². The third-order valence-electron chi connectivity index (χ3n) is 3.79. The number of hydrogen-bond acceptors (Lipinski definition) is 5. The van der Waals surface area contributed by atoms with Crippen LogP contribution in [0.25, 0.3) is 0 Å². The SMILES string of the molecule is COCCNC(=O)CN(C)C(=O)C1CC(c2ccccc2C)=NO1. The molecule has 1 atom stereocenters. The van der Waals surface area contributed by atoms with Crippen molar-refractivity contribution in [3.63, 3.8) is 0 Å². The first-order chi connectivity index (χ1) is 11.5. The number of carbonyl (C=O) groups excluding carboxylic acids is 2. The molecule has 130 valence electrons. The molecule has 0 fully saturated rings. The van der Waals surface area contributed by atoms with Gasteiger partial charge in [0.1, 0.15) is 0 Å². The molecule has 1 unspecified atom stereocenters. The Hall–Kier alpha value is -2.41. The average molecular weight is 333 g/mol. The standard InChI is InChI=1S/C17H23N3O4/c1-12-6-4-5-7-13(12)14-10-15(24-19-14)17(22)20(2)11-16(21)18-8-9-23-3/h4-7,15H,8-11H2,1-3H3,(H,18,21). The Morgan fingerprint density at radius 3 is 2.88 bits per heavy atom. The minimum Gasteiger partial charge on any atom is -0.383 e. The van der Waals surface area contributed by atoms with Gasteiger partial charge in [-0.05, 0) is 12.5 Å². The van der Waals surface area contributed by atoms with Gasteiger partial charge in [0.15, 0.2) is 0 Å². The molecule has 0 aromatic heterocycles. The molecular formula is C17H23N3O4. The summed E-state index contributed by atoms with van der Waals surface area (Å²) in [5, 5.41) is 6.72. The van der Waals surface area contributed by atoms with Crippen LogP contribution in [0.15, 0.2) is 29.4 Å². The summed E-state index contributed by atoms with van der Waals surface area (Å²) in [7, 11) is 3.14. The summed E-state index contributed by atoms with van der Waals surface area (Å²) >= 11 is 0. The monoisotopic (exact) mass is 333 g/mol. The lowest BCUT2D eigenvalue weighted by molar-refractivity contribution is -0.143. The fourth-order valence-corrected chi connectivity index (χ4v) is 2.45. The van der Waals surface area contributed by atoms with E-state index in [0.717, 1.165) is 16.8 Å². The van der Waals surface area contributed by atoms with Gasteiger partial charge in [0, 0.05) is 32.7 Å². The molecule has 1 N–H and O–H groups in total. The molecule has 7 nitrogen and oxygen atoms in total. The van der Waals surface area contributed by atoms with Crippen LogP contribution in [-0.2, 0) is 19.2 Å². The molecule has 0 bridgehead atoms. The van der Waals surface area contributed by atoms with Gasteiger partial charge in [-0.25, -0.2) is 0 Å². The van der Waals surface area contributed by atoms with Crippen LogP contribution in [0.3, 0.4) is 0 Å². The summed E-state index contributed by atoms with van der Waals surface area (Å²) in [5.74, 6) is -0.495. The Labute approximate surface area is 141 Å². The highest BCUT2D eigenvalue weighted by atomic mass is 16.6. The third-order valence-corrected chi connectivity index (χ3v) is 3.79. The van der Waals surface area contributed by atoms with Crippen LogP contribution in [0.2, 0.25) is 0 Å². The summed E-state index contributed by atoms with van der Waals surface area (Å²) in [6, 6.07) is 7.82. The van der Waals surface area contributed by atoms with Crippen LogP contribution in [0, 0.1) is 6.92 Å². The van der Waals surface area contributed by atoms with Crippen molar-refractivity contribution in [2.75, 3.05) is 33.9 Å². The van der Waals surface area contributed by atoms with E-state index in [0.29, 0.717) is 19.6 Å². The number of hydrogen-bond donors (Lipinski definition) is 1. The highest BCUT2D eigenvalue weighted by molar-refractivity contribution is 6.05. The predicted octanol–water partition coefficient (Wildman–Crippen LogP) is 0.709. The van der Waals surface area contributed by atoms with Crippen LogP contribution in [0.1, 0.15) is 17.5 Å². The van der Waals surface area contributed by atoms with Crippen LogP contribution >= 0.6 is 0 Å². The number of methoxy groups -OCH3 is 1. The van der Waals surface area contributed by atoms with Crippen LogP contribution in [0.5, 0.6) is 0 Å². The lowest BCUT2D eigenvalue weighted by atomic mass is 10.00. The van der Waals surface area contributed by atoms with Crippen molar-refractivity contribution in [1.29, 1.82) is 0 Å². The van der Waals surface area contributed by atoms with Gasteiger partial charge in [0.2, 0.25) is 12.0 Å². The molecule has 1 aliphatic heterocycles. The number of likely N-dealkylation sites (N-methyl/N-ethyl adjacent to an activating group) is 1. The first-order valence-corrected chi connectivity index (χ1v) is 7.82. The van der Waals surface area contributed by atoms with Gasteiger partial charge in [-0.15, -0.1) is 0 Å². The molecule has 0 saturated heterocycles. The molecule has 1 aliphatic rings. The van der Waals surface area contributed by atoms with Crippen molar-refractivity contribution < 1.29 is 19.2 Å². The fraction of sp³-hybridized carbons (Fsp3) is 0.471. The maximum absolute atomic E-state index is 12.4. The normalized spacial score (nSPS) is 16.3. The Bertz CT molecular complexity index is 630. The molecular weight excluding hydrogens is 310 g/mol. The first-order valence-electron chi connectivity index (χ1n) is 7.82. The number of nitrogens with zero attached hydrogens (tertiary/aromatic N) is 2. The second-order valence-corrected chi connectivity index (χ2v) is 5.69. The Morgan fingerprint density at radius 2 is 2.17 bits per heavy atom. The van der Waals surface area contributed by atoms with Crippen molar-refractivity contribution >= 4 is 17.5 Å². The Kier molecular flexibility index (Phi) is 6.31. The lowest BCUT2D eigenvalue weighted by Crippen LogP contribution is -2.43. The topological polar surface area (TPSA) is 80.2 Å². The van der Waals surface area contributed by atoms with Crippen molar-refractivity contribution in [3.05, 3.63) is 35.4 Å². The number of oxime groups is 1. The zero-order valence-electron chi connectivity index (χ0n) is 14.2. The van der Waals surface area contributed by atoms with E-state index >= 15 is 0 Å². The van der Waals surface area contributed by atoms with E-state index in [1.165, 1.54) is 4.90 Å². The van der Waals surface area contributed by atoms with E-state index in [9.17, 15) is 9.59 Å². The second-order valence-electron chi connectivity index (χ2n) is 5.69. The minimum atomic E-state index is -0.684. The maximum Gasteiger partial charge on any atom is 0.267 e. The molecule has 2 rings (SSSR count). The molecule has 0 aliphatic carbocycles. The van der Waals surface area contributed by atoms with Gasteiger partial charge in [-0.3, -0.25) is 9.59 Å². The first kappa shape index (κ1) is 17.9. The summed E-state index contributed by atoms with van der Waals surface area (Å²) in [5.41, 5.74) is 2.82. The van der Waals surface area contributed by atoms with Gasteiger partial charge in [0.25, 0.3) is 5.91 Å². The number of amides is 2. The zero-order valence-corrected chi connectivity index (χ0v) is 14.2. The maximum atomic E-state index is 12.4. The molecule has 0 saturated carbocycles. The van der Waals surface area contributed by atoms with E-state index in [4.69, 9.17) is 9.57 Å². The van der Waals surface area contributed by atoms with Crippen LogP contribution in [0.4, 0.5) is 0 Å². The predicted molar refractivity (Wildman–Crippen MR) is 89.7 cm³/mol. The van der Waals surface area contributed by atoms with Gasteiger partial charge in [-0.1, -0.05) is 29.4 Å². The van der Waals surface area contributed by atoms with Gasteiger partial charge < -0.3 is 19.8 Å². The van der Waals surface area contributed by atoms with E-state index in [-0.39, 0.29) is 18.4 Å². The highest BCUT2D eigenvalue weighted by Gasteiger charge is 2.32. The van der Waals surface area contributed by atoms with Crippen LogP contribution in [-0.4, -0.2) is 62.4 Å². The smallest absolute Gasteiger partial charge is 0.267 e. The molecule has 1 aromatic rings. The number of rotatable bonds is 7. The average Bonchev–Trinajstić information content (AvgIpc) is 3.04. The van der Waals surface area contributed by atoms with Crippen molar-refractivity contribution in [3.8, 4) is 0 Å². The number of aryl methyl sites for hydroxylation is 1. The fourth-order valence-electron chi connectivity index (χ4n) is 2.45. The summed E-state index contributed by atoms with van der Waals surface area (Å²) in [4.78, 5) is 30.8. The largest absolute Gasteiger partial charge is 0.383 e. The summed E-state index contributed by atoms with van der Waals surface area (Å²) in [6.07, 6.45) is -0.282. The molecule has 7 heteroatoms. The van der Waals surface area contributed by atoms with E-state index < -0.39 is 6.10 Å². The Morgan fingerprint density at radius 1 is 1.42 bits per heavy atom. The lowest BCUT2D eigenvalue weighted by Gasteiger charge is -2.19. The van der Waals surface area contributed by atoms with E-state index in [1.807, 2.05) is 31.2 Å². The van der Waals surface area contributed by atoms with E-state index in [2.05, 4.69) is 10.5 Å². The zero-order chi connectivity index (χ0) is 17.5. The van der Waals surface area contributed by atoms with E-state index in [1.54, 1.807) is 14.2 Å². The number of nitrogens with one attached hydrogen (secondary N) is 1. The number of benzene rings is 1. The molecule has 0 radical (unpaired) electrons. The van der Waals surface area contributed by atoms with Crippen molar-refractivity contribution in [1.82, 2.24) is 10.2 Å². The van der Waals surface area contributed by atoms with Gasteiger partial charge in [-0.2, -0.15) is 0 Å². The summed E-state index contributed by atoms with van der Waals surface area (Å²) in [6.45, 7) is 2.81. The Balaban J connectivity index is 1.86.